The van der Waals surface area contributed by atoms with Crippen LogP contribution in [-0.2, 0) is 27.7 Å². The van der Waals surface area contributed by atoms with Crippen LogP contribution in [0.25, 0.3) is 0 Å². The second kappa shape index (κ2) is 9.58. The van der Waals surface area contributed by atoms with E-state index >= 15 is 0 Å². The topological polar surface area (TPSA) is 92.3 Å². The van der Waals surface area contributed by atoms with Crippen molar-refractivity contribution >= 4 is 32.4 Å². The molecule has 1 aliphatic rings. The average molecular weight is 423 g/mol. The lowest BCUT2D eigenvalue weighted by atomic mass is 10.1. The second-order valence-corrected chi connectivity index (χ2v) is 9.86. The molecular weight excluding hydrogens is 396 g/mol. The van der Waals surface area contributed by atoms with E-state index in [4.69, 9.17) is 0 Å². The Balaban J connectivity index is 1.55. The lowest BCUT2D eigenvalue weighted by Crippen LogP contribution is -2.31. The van der Waals surface area contributed by atoms with Crippen LogP contribution in [0.5, 0.6) is 0 Å². The van der Waals surface area contributed by atoms with Crippen LogP contribution in [0, 0.1) is 0 Å². The molecule has 9 heteroatoms. The summed E-state index contributed by atoms with van der Waals surface area (Å²) in [5.41, 5.74) is 0.927. The van der Waals surface area contributed by atoms with Crippen LogP contribution < -0.4 is 5.32 Å². The van der Waals surface area contributed by atoms with Gasteiger partial charge in [-0.05, 0) is 43.4 Å². The van der Waals surface area contributed by atoms with Crippen LogP contribution in [0.2, 0.25) is 0 Å². The molecule has 7 nitrogen and oxygen atoms in total. The van der Waals surface area contributed by atoms with Gasteiger partial charge in [-0.25, -0.2) is 8.42 Å². The number of hydrogen-bond acceptors (Lipinski definition) is 6. The highest BCUT2D eigenvalue weighted by Crippen LogP contribution is 2.21. The molecule has 0 radical (unpaired) electrons. The molecule has 0 bridgehead atoms. The molecule has 1 fully saturated rings. The standard InChI is InChI=1S/C19H26N4O3S2/c1-2-18-21-22-19(27-18)20-17(24)12-9-15-7-10-16(11-8-15)28(25,26)23-13-5-3-4-6-14-23/h7-8,10-11H,2-6,9,12-14H2,1H3,(H,20,22,24). The molecule has 28 heavy (non-hydrogen) atoms. The number of anilines is 1. The van der Waals surface area contributed by atoms with E-state index in [1.165, 1.54) is 11.3 Å². The average Bonchev–Trinajstić information content (AvgIpc) is 2.96. The largest absolute Gasteiger partial charge is 0.301 e. The van der Waals surface area contributed by atoms with E-state index in [1.807, 2.05) is 6.92 Å². The van der Waals surface area contributed by atoms with Gasteiger partial charge in [0.05, 0.1) is 4.90 Å². The SMILES string of the molecule is CCc1nnc(NC(=O)CCc2ccc(S(=O)(=O)N3CCCCCC3)cc2)s1. The molecule has 1 saturated heterocycles. The van der Waals surface area contributed by atoms with Crippen molar-refractivity contribution in [3.63, 3.8) is 0 Å². The monoisotopic (exact) mass is 422 g/mol. The summed E-state index contributed by atoms with van der Waals surface area (Å²) in [7, 11) is -3.43. The predicted octanol–water partition coefficient (Wildman–Crippen LogP) is 3.24. The molecule has 1 aliphatic heterocycles. The first kappa shape index (κ1) is 20.9. The number of benzene rings is 1. The van der Waals surface area contributed by atoms with Crippen LogP contribution in [0.4, 0.5) is 5.13 Å². The maximum Gasteiger partial charge on any atom is 0.243 e. The van der Waals surface area contributed by atoms with E-state index in [0.29, 0.717) is 36.0 Å². The van der Waals surface area contributed by atoms with Crippen molar-refractivity contribution in [2.45, 2.75) is 56.8 Å². The van der Waals surface area contributed by atoms with E-state index in [1.54, 1.807) is 28.6 Å². The van der Waals surface area contributed by atoms with E-state index in [2.05, 4.69) is 15.5 Å². The van der Waals surface area contributed by atoms with E-state index < -0.39 is 10.0 Å². The zero-order valence-corrected chi connectivity index (χ0v) is 17.7. The number of aromatic nitrogens is 2. The first-order chi connectivity index (χ1) is 13.5. The van der Waals surface area contributed by atoms with Gasteiger partial charge in [0.15, 0.2) is 0 Å². The minimum atomic E-state index is -3.43. The third-order valence-corrected chi connectivity index (χ3v) is 7.68. The number of sulfonamides is 1. The molecule has 0 saturated carbocycles. The van der Waals surface area contributed by atoms with Crippen molar-refractivity contribution in [2.75, 3.05) is 18.4 Å². The van der Waals surface area contributed by atoms with E-state index in [-0.39, 0.29) is 5.91 Å². The highest BCUT2D eigenvalue weighted by Gasteiger charge is 2.24. The molecule has 1 amide bonds. The van der Waals surface area contributed by atoms with Crippen molar-refractivity contribution in [3.8, 4) is 0 Å². The Morgan fingerprint density at radius 1 is 1.11 bits per heavy atom. The Bertz CT molecular complexity index is 886. The maximum atomic E-state index is 12.8. The molecule has 0 aliphatic carbocycles. The van der Waals surface area contributed by atoms with E-state index in [9.17, 15) is 13.2 Å². The maximum absolute atomic E-state index is 12.8. The third kappa shape index (κ3) is 5.36. The number of hydrogen-bond donors (Lipinski definition) is 1. The second-order valence-electron chi connectivity index (χ2n) is 6.86. The van der Waals surface area contributed by atoms with Gasteiger partial charge < -0.3 is 5.32 Å². The smallest absolute Gasteiger partial charge is 0.243 e. The number of nitrogens with zero attached hydrogens (tertiary/aromatic N) is 3. The summed E-state index contributed by atoms with van der Waals surface area (Å²) in [5, 5.41) is 12.1. The van der Waals surface area contributed by atoms with Gasteiger partial charge in [-0.15, -0.1) is 10.2 Å². The van der Waals surface area contributed by atoms with Gasteiger partial charge in [0.25, 0.3) is 0 Å². The van der Waals surface area contributed by atoms with Gasteiger partial charge in [0.2, 0.25) is 21.1 Å². The molecule has 0 spiro atoms. The lowest BCUT2D eigenvalue weighted by molar-refractivity contribution is -0.116. The van der Waals surface area contributed by atoms with Crippen LogP contribution in [0.15, 0.2) is 29.2 Å². The van der Waals surface area contributed by atoms with Gasteiger partial charge in [0, 0.05) is 19.5 Å². The zero-order valence-electron chi connectivity index (χ0n) is 16.1. The number of amides is 1. The Morgan fingerprint density at radius 2 is 1.79 bits per heavy atom. The minimum Gasteiger partial charge on any atom is -0.301 e. The van der Waals surface area contributed by atoms with E-state index in [0.717, 1.165) is 42.7 Å². The number of carbonyl (C=O) groups is 1. The van der Waals surface area contributed by atoms with Crippen LogP contribution >= 0.6 is 11.3 Å². The van der Waals surface area contributed by atoms with Crippen molar-refractivity contribution in [2.24, 2.45) is 0 Å². The molecule has 0 atom stereocenters. The van der Waals surface area contributed by atoms with Crippen LogP contribution in [0.3, 0.4) is 0 Å². The van der Waals surface area contributed by atoms with Crippen molar-refractivity contribution < 1.29 is 13.2 Å². The van der Waals surface area contributed by atoms with Crippen molar-refractivity contribution in [3.05, 3.63) is 34.8 Å². The fraction of sp³-hybridized carbons (Fsp3) is 0.526. The summed E-state index contributed by atoms with van der Waals surface area (Å²) in [4.78, 5) is 12.4. The molecular formula is C19H26N4O3S2. The van der Waals surface area contributed by atoms with Gasteiger partial charge in [-0.1, -0.05) is 43.2 Å². The minimum absolute atomic E-state index is 0.125. The first-order valence-electron chi connectivity index (χ1n) is 9.70. The predicted molar refractivity (Wildman–Crippen MR) is 110 cm³/mol. The number of aryl methyl sites for hydroxylation is 2. The highest BCUT2D eigenvalue weighted by atomic mass is 32.2. The zero-order chi connectivity index (χ0) is 20.0. The van der Waals surface area contributed by atoms with Crippen molar-refractivity contribution in [1.29, 1.82) is 0 Å². The fourth-order valence-corrected chi connectivity index (χ4v) is 5.36. The Morgan fingerprint density at radius 3 is 2.39 bits per heavy atom. The number of carbonyl (C=O) groups excluding carboxylic acids is 1. The Hall–Kier alpha value is -1.84. The van der Waals surface area contributed by atoms with Gasteiger partial charge in [-0.2, -0.15) is 4.31 Å². The first-order valence-corrected chi connectivity index (χ1v) is 12.0. The molecule has 0 unspecified atom stereocenters. The molecule has 1 N–H and O–H groups in total. The normalized spacial score (nSPS) is 15.9. The van der Waals surface area contributed by atoms with Gasteiger partial charge in [-0.3, -0.25) is 4.79 Å². The molecule has 2 heterocycles. The molecule has 3 rings (SSSR count). The number of rotatable bonds is 7. The van der Waals surface area contributed by atoms with Crippen LogP contribution in [0.1, 0.15) is 49.6 Å². The van der Waals surface area contributed by atoms with Gasteiger partial charge >= 0.3 is 0 Å². The summed E-state index contributed by atoms with van der Waals surface area (Å²) in [6, 6.07) is 6.87. The molecule has 152 valence electrons. The summed E-state index contributed by atoms with van der Waals surface area (Å²) in [6.07, 6.45) is 5.64. The van der Waals surface area contributed by atoms with Crippen molar-refractivity contribution in [1.82, 2.24) is 14.5 Å². The summed E-state index contributed by atoms with van der Waals surface area (Å²) in [5.74, 6) is -0.125. The van der Waals surface area contributed by atoms with Gasteiger partial charge in [0.1, 0.15) is 5.01 Å². The quantitative estimate of drug-likeness (QED) is 0.739. The lowest BCUT2D eigenvalue weighted by Gasteiger charge is -2.20. The molecule has 1 aromatic heterocycles. The third-order valence-electron chi connectivity index (χ3n) is 4.78. The summed E-state index contributed by atoms with van der Waals surface area (Å²) >= 11 is 1.38. The Kier molecular flexibility index (Phi) is 7.14. The summed E-state index contributed by atoms with van der Waals surface area (Å²) < 4.78 is 27.2. The number of nitrogens with one attached hydrogen (secondary N) is 1. The molecule has 1 aromatic carbocycles. The fourth-order valence-electron chi connectivity index (χ4n) is 3.15. The highest BCUT2D eigenvalue weighted by molar-refractivity contribution is 7.89. The molecule has 2 aromatic rings. The Labute approximate surface area is 170 Å². The summed E-state index contributed by atoms with van der Waals surface area (Å²) in [6.45, 7) is 3.17. The van der Waals surface area contributed by atoms with Crippen LogP contribution in [-0.4, -0.2) is 41.9 Å².